The molecule has 0 N–H and O–H groups in total. The molecule has 0 aliphatic carbocycles. The Hall–Kier alpha value is -0.317. The molecule has 6 nitrogen and oxygen atoms in total. The molecular formula is C3H3DyO6. The number of hydrogen-bond donors (Lipinski definition) is 0. The van der Waals surface area contributed by atoms with Gasteiger partial charge in [-0.2, -0.15) is 0 Å². The quantitative estimate of drug-likeness (QED) is 0.413. The third-order valence-electron chi connectivity index (χ3n) is 0. The minimum absolute atomic E-state index is 0. The standard InChI is InChI=1S/3CH2O2.Dy/c3*2-1-3;/h3*1H,(H,2,3);/q;;;+3/p-3. The third kappa shape index (κ3) is 3410. The molecule has 0 aliphatic heterocycles. The molecule has 0 heterocycles. The summed E-state index contributed by atoms with van der Waals surface area (Å²) in [5.74, 6) is 0. The van der Waals surface area contributed by atoms with Crippen LogP contribution in [-0.2, 0) is 14.4 Å². The molecule has 10 heavy (non-hydrogen) atoms. The SMILES string of the molecule is O=C[O-].O=C[O-].O=C[O-].[Dy+3]. The van der Waals surface area contributed by atoms with Crippen molar-refractivity contribution in [2.24, 2.45) is 0 Å². The summed E-state index contributed by atoms with van der Waals surface area (Å²) >= 11 is 0. The van der Waals surface area contributed by atoms with Crippen molar-refractivity contribution < 1.29 is 67.9 Å². The van der Waals surface area contributed by atoms with Gasteiger partial charge in [0.2, 0.25) is 0 Å². The van der Waals surface area contributed by atoms with Crippen LogP contribution in [0.5, 0.6) is 0 Å². The molecule has 0 amide bonds. The first kappa shape index (κ1) is 22.6. The first-order chi connectivity index (χ1) is 4.24. The van der Waals surface area contributed by atoms with Crippen LogP contribution >= 0.6 is 0 Å². The molecular weight excluding hydrogens is 295 g/mol. The van der Waals surface area contributed by atoms with Gasteiger partial charge in [-0.3, -0.25) is 0 Å². The van der Waals surface area contributed by atoms with Crippen molar-refractivity contribution in [2.45, 2.75) is 0 Å². The van der Waals surface area contributed by atoms with Crippen LogP contribution in [0.4, 0.5) is 0 Å². The zero-order valence-electron chi connectivity index (χ0n) is 4.50. The van der Waals surface area contributed by atoms with Crippen molar-refractivity contribution in [3.63, 3.8) is 0 Å². The molecule has 0 fully saturated rings. The van der Waals surface area contributed by atoms with E-state index in [9.17, 15) is 0 Å². The summed E-state index contributed by atoms with van der Waals surface area (Å²) in [4.78, 5) is 24.8. The van der Waals surface area contributed by atoms with E-state index in [0.29, 0.717) is 0 Å². The minimum Gasteiger partial charge on any atom is -0.554 e. The van der Waals surface area contributed by atoms with Gasteiger partial charge in [0.25, 0.3) is 0 Å². The predicted octanol–water partition coefficient (Wildman–Crippen LogP) is -4.90. The van der Waals surface area contributed by atoms with E-state index in [1.165, 1.54) is 0 Å². The Kier molecular flexibility index (Phi) is 161. The largest absolute Gasteiger partial charge is 3.00 e. The second-order valence-electron chi connectivity index (χ2n) is 0.289. The number of carbonyl (C=O) groups is 3. The van der Waals surface area contributed by atoms with Crippen LogP contribution in [0.2, 0.25) is 0 Å². The second kappa shape index (κ2) is 71.2. The van der Waals surface area contributed by atoms with E-state index >= 15 is 0 Å². The zero-order chi connectivity index (χ0) is 8.12. The molecule has 0 unspecified atom stereocenters. The van der Waals surface area contributed by atoms with E-state index in [0.717, 1.165) is 0 Å². The molecule has 0 aromatic heterocycles. The van der Waals surface area contributed by atoms with E-state index in [4.69, 9.17) is 29.7 Å². The number of carboxylic acid groups (broad SMARTS) is 3. The molecule has 0 bridgehead atoms. The molecule has 0 saturated carbocycles. The fraction of sp³-hybridized carbons (Fsp3) is 0. The van der Waals surface area contributed by atoms with E-state index in [-0.39, 0.29) is 38.2 Å². The van der Waals surface area contributed by atoms with Crippen LogP contribution in [0.25, 0.3) is 0 Å². The van der Waals surface area contributed by atoms with E-state index in [2.05, 4.69) is 0 Å². The van der Waals surface area contributed by atoms with E-state index in [1.54, 1.807) is 0 Å². The predicted molar refractivity (Wildman–Crippen MR) is 18.2 cm³/mol. The molecule has 1 radical (unpaired) electrons. The summed E-state index contributed by atoms with van der Waals surface area (Å²) in [6, 6.07) is 0. The van der Waals surface area contributed by atoms with Crippen molar-refractivity contribution in [2.75, 3.05) is 0 Å². The van der Waals surface area contributed by atoms with Crippen molar-refractivity contribution in [3.05, 3.63) is 0 Å². The Morgan fingerprint density at radius 1 is 0.700 bits per heavy atom. The average molecular weight is 298 g/mol. The maximum Gasteiger partial charge on any atom is 3.00 e. The van der Waals surface area contributed by atoms with Gasteiger partial charge in [-0.25, -0.2) is 0 Å². The van der Waals surface area contributed by atoms with Crippen LogP contribution in [0, 0.1) is 38.2 Å². The summed E-state index contributed by atoms with van der Waals surface area (Å²) in [5, 5.41) is 24.8. The van der Waals surface area contributed by atoms with Crippen LogP contribution < -0.4 is 15.3 Å². The minimum atomic E-state index is -0.500. The Bertz CT molecular complexity index is 49.7. The Labute approximate surface area is 86.9 Å². The molecule has 0 aromatic rings. The van der Waals surface area contributed by atoms with Crippen LogP contribution in [0.3, 0.4) is 0 Å². The summed E-state index contributed by atoms with van der Waals surface area (Å²) in [6.07, 6.45) is 0. The zero-order valence-corrected chi connectivity index (χ0v) is 6.53. The molecule has 0 spiro atoms. The molecule has 61 valence electrons. The maximum atomic E-state index is 8.25. The molecule has 0 saturated heterocycles. The first-order valence-electron chi connectivity index (χ1n) is 1.41. The average Bonchev–Trinajstić information content (AvgIpc) is 1.70. The summed E-state index contributed by atoms with van der Waals surface area (Å²) < 4.78 is 0. The van der Waals surface area contributed by atoms with Crippen LogP contribution in [0.15, 0.2) is 0 Å². The fourth-order valence-electron chi connectivity index (χ4n) is 0. The van der Waals surface area contributed by atoms with Gasteiger partial charge in [0, 0.05) is 19.4 Å². The van der Waals surface area contributed by atoms with Crippen molar-refractivity contribution in [3.8, 4) is 0 Å². The normalized spacial score (nSPS) is 3.60. The Morgan fingerprint density at radius 3 is 0.700 bits per heavy atom. The fourth-order valence-corrected chi connectivity index (χ4v) is 0. The van der Waals surface area contributed by atoms with Gasteiger partial charge in [-0.1, -0.05) is 0 Å². The topological polar surface area (TPSA) is 120 Å². The van der Waals surface area contributed by atoms with Crippen molar-refractivity contribution >= 4 is 19.4 Å². The van der Waals surface area contributed by atoms with E-state index in [1.807, 2.05) is 0 Å². The van der Waals surface area contributed by atoms with Gasteiger partial charge >= 0.3 is 38.2 Å². The first-order valence-corrected chi connectivity index (χ1v) is 1.41. The molecule has 0 aliphatic rings. The number of hydrogen-bond acceptors (Lipinski definition) is 6. The second-order valence-corrected chi connectivity index (χ2v) is 0.289. The Balaban J connectivity index is -0.0000000257. The van der Waals surface area contributed by atoms with Gasteiger partial charge in [-0.05, 0) is 0 Å². The van der Waals surface area contributed by atoms with Crippen molar-refractivity contribution in [1.82, 2.24) is 0 Å². The maximum absolute atomic E-state index is 8.25. The molecule has 0 atom stereocenters. The molecule has 0 rings (SSSR count). The summed E-state index contributed by atoms with van der Waals surface area (Å²) in [5.41, 5.74) is 0. The van der Waals surface area contributed by atoms with Gasteiger partial charge in [0.1, 0.15) is 0 Å². The van der Waals surface area contributed by atoms with Gasteiger partial charge in [-0.15, -0.1) is 0 Å². The molecule has 7 heteroatoms. The monoisotopic (exact) mass is 299 g/mol. The number of rotatable bonds is 0. The summed E-state index contributed by atoms with van der Waals surface area (Å²) in [6.45, 7) is -1.50. The summed E-state index contributed by atoms with van der Waals surface area (Å²) in [7, 11) is 0. The van der Waals surface area contributed by atoms with Gasteiger partial charge < -0.3 is 29.7 Å². The third-order valence-corrected chi connectivity index (χ3v) is 0. The van der Waals surface area contributed by atoms with Crippen LogP contribution in [0.1, 0.15) is 0 Å². The van der Waals surface area contributed by atoms with Gasteiger partial charge in [0.05, 0.1) is 0 Å². The van der Waals surface area contributed by atoms with Gasteiger partial charge in [0.15, 0.2) is 0 Å². The smallest absolute Gasteiger partial charge is 0.554 e. The van der Waals surface area contributed by atoms with Crippen LogP contribution in [-0.4, -0.2) is 19.4 Å². The molecule has 0 aromatic carbocycles. The number of carbonyl (C=O) groups excluding carboxylic acids is 3. The van der Waals surface area contributed by atoms with E-state index < -0.39 is 19.4 Å². The Morgan fingerprint density at radius 2 is 0.700 bits per heavy atom. The van der Waals surface area contributed by atoms with Crippen molar-refractivity contribution in [1.29, 1.82) is 0 Å².